The first-order chi connectivity index (χ1) is 8.29. The van der Waals surface area contributed by atoms with Gasteiger partial charge in [0.2, 0.25) is 0 Å². The van der Waals surface area contributed by atoms with Crippen molar-refractivity contribution in [3.05, 3.63) is 24.1 Å². The molecule has 5 heteroatoms. The number of piperidine rings is 1. The van der Waals surface area contributed by atoms with Gasteiger partial charge < -0.3 is 5.32 Å². The molecule has 2 rings (SSSR count). The molecule has 1 saturated heterocycles. The minimum absolute atomic E-state index is 0.245. The van der Waals surface area contributed by atoms with E-state index in [1.54, 1.807) is 12.3 Å². The quantitative estimate of drug-likeness (QED) is 0.807. The van der Waals surface area contributed by atoms with Gasteiger partial charge in [0.15, 0.2) is 11.6 Å². The van der Waals surface area contributed by atoms with Crippen LogP contribution in [-0.2, 0) is 0 Å². The van der Waals surface area contributed by atoms with Gasteiger partial charge >= 0.3 is 0 Å². The van der Waals surface area contributed by atoms with Crippen LogP contribution in [-0.4, -0.2) is 35.6 Å². The second kappa shape index (κ2) is 5.60. The highest BCUT2D eigenvalue weighted by Gasteiger charge is 2.19. The molecule has 0 aromatic carbocycles. The summed E-state index contributed by atoms with van der Waals surface area (Å²) in [6, 6.07) is 5.37. The zero-order valence-electron chi connectivity index (χ0n) is 9.56. The van der Waals surface area contributed by atoms with Gasteiger partial charge in [0, 0.05) is 25.3 Å². The Bertz CT molecular complexity index is 407. The number of halogens is 1. The van der Waals surface area contributed by atoms with Crippen molar-refractivity contribution in [1.29, 1.82) is 5.26 Å². The average molecular weight is 234 g/mol. The smallest absolute Gasteiger partial charge is 0.165 e. The Labute approximate surface area is 100 Å². The van der Waals surface area contributed by atoms with Gasteiger partial charge in [0.05, 0.1) is 12.6 Å². The molecule has 4 nitrogen and oxygen atoms in total. The molecule has 17 heavy (non-hydrogen) atoms. The predicted octanol–water partition coefficient (Wildman–Crippen LogP) is 1.62. The third-order valence-electron chi connectivity index (χ3n) is 2.98. The van der Waals surface area contributed by atoms with Crippen molar-refractivity contribution < 1.29 is 4.39 Å². The summed E-state index contributed by atoms with van der Waals surface area (Å²) in [6.07, 6.45) is 3.41. The fourth-order valence-corrected chi connectivity index (χ4v) is 2.02. The maximum Gasteiger partial charge on any atom is 0.165 e. The third kappa shape index (κ3) is 3.14. The molecular weight excluding hydrogens is 219 g/mol. The molecule has 0 spiro atoms. The summed E-state index contributed by atoms with van der Waals surface area (Å²) in [4.78, 5) is 6.08. The molecule has 1 fully saturated rings. The molecule has 0 saturated carbocycles. The predicted molar refractivity (Wildman–Crippen MR) is 62.9 cm³/mol. The molecule has 0 bridgehead atoms. The second-order valence-corrected chi connectivity index (χ2v) is 4.19. The molecule has 1 aliphatic heterocycles. The molecule has 0 unspecified atom stereocenters. The Kier molecular flexibility index (Phi) is 3.89. The maximum atomic E-state index is 13.4. The van der Waals surface area contributed by atoms with E-state index in [9.17, 15) is 4.39 Å². The lowest BCUT2D eigenvalue weighted by Gasteiger charge is -2.30. The lowest BCUT2D eigenvalue weighted by molar-refractivity contribution is 0.242. The Balaban J connectivity index is 1.86. The Morgan fingerprint density at radius 1 is 1.53 bits per heavy atom. The Morgan fingerprint density at radius 3 is 2.94 bits per heavy atom. The van der Waals surface area contributed by atoms with Gasteiger partial charge in [-0.2, -0.15) is 5.26 Å². The SMILES string of the molecule is N#CCN1CCC(Nc2ncccc2F)CC1. The summed E-state index contributed by atoms with van der Waals surface area (Å²) in [5, 5.41) is 11.7. The number of rotatable bonds is 3. The summed E-state index contributed by atoms with van der Waals surface area (Å²) >= 11 is 0. The van der Waals surface area contributed by atoms with E-state index in [4.69, 9.17) is 5.26 Å². The van der Waals surface area contributed by atoms with Crippen molar-refractivity contribution in [2.45, 2.75) is 18.9 Å². The minimum atomic E-state index is -0.313. The topological polar surface area (TPSA) is 52.0 Å². The summed E-state index contributed by atoms with van der Waals surface area (Å²) in [6.45, 7) is 2.23. The van der Waals surface area contributed by atoms with Crippen LogP contribution in [0.2, 0.25) is 0 Å². The molecular formula is C12H15FN4. The molecule has 2 heterocycles. The van der Waals surface area contributed by atoms with E-state index in [0.29, 0.717) is 12.4 Å². The normalized spacial score (nSPS) is 17.6. The molecule has 1 aliphatic rings. The van der Waals surface area contributed by atoms with Gasteiger partial charge in [-0.25, -0.2) is 9.37 Å². The van der Waals surface area contributed by atoms with Gasteiger partial charge in [0.1, 0.15) is 0 Å². The minimum Gasteiger partial charge on any atom is -0.365 e. The molecule has 90 valence electrons. The van der Waals surface area contributed by atoms with Crippen LogP contribution in [0.5, 0.6) is 0 Å². The van der Waals surface area contributed by atoms with E-state index >= 15 is 0 Å². The van der Waals surface area contributed by atoms with E-state index in [1.807, 2.05) is 0 Å². The largest absolute Gasteiger partial charge is 0.365 e. The van der Waals surface area contributed by atoms with Crippen molar-refractivity contribution in [2.24, 2.45) is 0 Å². The van der Waals surface area contributed by atoms with Crippen LogP contribution in [0.1, 0.15) is 12.8 Å². The average Bonchev–Trinajstić information content (AvgIpc) is 2.35. The van der Waals surface area contributed by atoms with Crippen LogP contribution >= 0.6 is 0 Å². The highest BCUT2D eigenvalue weighted by atomic mass is 19.1. The van der Waals surface area contributed by atoms with Crippen LogP contribution in [0.25, 0.3) is 0 Å². The van der Waals surface area contributed by atoms with Gasteiger partial charge in [0.25, 0.3) is 0 Å². The maximum absolute atomic E-state index is 13.4. The van der Waals surface area contributed by atoms with Crippen LogP contribution in [0.15, 0.2) is 18.3 Å². The van der Waals surface area contributed by atoms with Crippen LogP contribution in [0, 0.1) is 17.1 Å². The number of nitrogens with zero attached hydrogens (tertiary/aromatic N) is 3. The first kappa shape index (κ1) is 11.8. The lowest BCUT2D eigenvalue weighted by Crippen LogP contribution is -2.39. The molecule has 1 aromatic rings. The van der Waals surface area contributed by atoms with E-state index in [1.165, 1.54) is 6.07 Å². The van der Waals surface area contributed by atoms with E-state index in [0.717, 1.165) is 25.9 Å². The fourth-order valence-electron chi connectivity index (χ4n) is 2.02. The number of hydrogen-bond donors (Lipinski definition) is 1. The molecule has 0 radical (unpaired) electrons. The highest BCUT2D eigenvalue weighted by Crippen LogP contribution is 2.16. The van der Waals surface area contributed by atoms with Crippen molar-refractivity contribution in [1.82, 2.24) is 9.88 Å². The van der Waals surface area contributed by atoms with Crippen molar-refractivity contribution >= 4 is 5.82 Å². The molecule has 0 aliphatic carbocycles. The van der Waals surface area contributed by atoms with Crippen molar-refractivity contribution in [2.75, 3.05) is 25.0 Å². The third-order valence-corrected chi connectivity index (χ3v) is 2.98. The fraction of sp³-hybridized carbons (Fsp3) is 0.500. The number of nitrogens with one attached hydrogen (secondary N) is 1. The zero-order chi connectivity index (χ0) is 12.1. The Hall–Kier alpha value is -1.67. The standard InChI is InChI=1S/C12H15FN4/c13-11-2-1-6-15-12(11)16-10-3-7-17(8-4-10)9-5-14/h1-2,6,10H,3-4,7-9H2,(H,15,16). The van der Waals surface area contributed by atoms with Crippen LogP contribution < -0.4 is 5.32 Å². The van der Waals surface area contributed by atoms with E-state index in [-0.39, 0.29) is 11.9 Å². The van der Waals surface area contributed by atoms with E-state index < -0.39 is 0 Å². The van der Waals surface area contributed by atoms with Crippen LogP contribution in [0.4, 0.5) is 10.2 Å². The second-order valence-electron chi connectivity index (χ2n) is 4.19. The summed E-state index contributed by atoms with van der Waals surface area (Å²) in [5.74, 6) is 0.0122. The molecule has 1 aromatic heterocycles. The first-order valence-corrected chi connectivity index (χ1v) is 5.76. The molecule has 0 amide bonds. The summed E-state index contributed by atoms with van der Waals surface area (Å²) < 4.78 is 13.4. The summed E-state index contributed by atoms with van der Waals surface area (Å²) in [5.41, 5.74) is 0. The number of hydrogen-bond acceptors (Lipinski definition) is 4. The number of anilines is 1. The van der Waals surface area contributed by atoms with Gasteiger partial charge in [-0.3, -0.25) is 4.90 Å². The van der Waals surface area contributed by atoms with Gasteiger partial charge in [-0.05, 0) is 25.0 Å². The van der Waals surface area contributed by atoms with Gasteiger partial charge in [-0.15, -0.1) is 0 Å². The number of aromatic nitrogens is 1. The monoisotopic (exact) mass is 234 g/mol. The number of nitriles is 1. The van der Waals surface area contributed by atoms with Crippen LogP contribution in [0.3, 0.4) is 0 Å². The Morgan fingerprint density at radius 2 is 2.29 bits per heavy atom. The first-order valence-electron chi connectivity index (χ1n) is 5.76. The highest BCUT2D eigenvalue weighted by molar-refractivity contribution is 5.36. The van der Waals surface area contributed by atoms with Crippen molar-refractivity contribution in [3.8, 4) is 6.07 Å². The van der Waals surface area contributed by atoms with Crippen molar-refractivity contribution in [3.63, 3.8) is 0 Å². The summed E-state index contributed by atoms with van der Waals surface area (Å²) in [7, 11) is 0. The van der Waals surface area contributed by atoms with Gasteiger partial charge in [-0.1, -0.05) is 0 Å². The number of likely N-dealkylation sites (tertiary alicyclic amines) is 1. The molecule has 0 atom stereocenters. The molecule has 1 N–H and O–H groups in total. The lowest BCUT2D eigenvalue weighted by atomic mass is 10.1. The van der Waals surface area contributed by atoms with E-state index in [2.05, 4.69) is 21.3 Å². The number of pyridine rings is 1. The zero-order valence-corrected chi connectivity index (χ0v) is 9.56.